The minimum Gasteiger partial charge on any atom is -0.302 e. The number of nitrogens with zero attached hydrogens (tertiary/aromatic N) is 2. The highest BCUT2D eigenvalue weighted by Crippen LogP contribution is 2.37. The minimum absolute atomic E-state index is 0.252. The number of rotatable bonds is 2. The Bertz CT molecular complexity index is 308. The Hall–Kier alpha value is -0.590. The highest BCUT2D eigenvalue weighted by Gasteiger charge is 2.41. The molecule has 2 aliphatic rings. The maximum atomic E-state index is 9.28. The van der Waals surface area contributed by atoms with Crippen molar-refractivity contribution in [1.29, 1.82) is 5.26 Å². The molecule has 3 nitrogen and oxygen atoms in total. The van der Waals surface area contributed by atoms with Gasteiger partial charge in [-0.2, -0.15) is 5.26 Å². The molecule has 17 heavy (non-hydrogen) atoms. The van der Waals surface area contributed by atoms with Crippen LogP contribution in [0.25, 0.3) is 0 Å². The van der Waals surface area contributed by atoms with Crippen molar-refractivity contribution < 1.29 is 0 Å². The van der Waals surface area contributed by atoms with Crippen LogP contribution in [0.4, 0.5) is 0 Å². The zero-order valence-corrected chi connectivity index (χ0v) is 11.4. The predicted octanol–water partition coefficient (Wildman–Crippen LogP) is 2.14. The van der Waals surface area contributed by atoms with Gasteiger partial charge in [-0.3, -0.25) is 0 Å². The smallest absolute Gasteiger partial charge is 0.108 e. The van der Waals surface area contributed by atoms with Crippen LogP contribution in [0.1, 0.15) is 46.0 Å². The van der Waals surface area contributed by atoms with Crippen molar-refractivity contribution in [3.05, 3.63) is 0 Å². The summed E-state index contributed by atoms with van der Waals surface area (Å²) in [6, 6.07) is 3.10. The molecule has 1 saturated heterocycles. The molecule has 0 spiro atoms. The summed E-state index contributed by atoms with van der Waals surface area (Å²) in [5.74, 6) is 0. The van der Waals surface area contributed by atoms with Gasteiger partial charge in [0.05, 0.1) is 6.07 Å². The van der Waals surface area contributed by atoms with Crippen molar-refractivity contribution >= 4 is 0 Å². The molecule has 2 rings (SSSR count). The summed E-state index contributed by atoms with van der Waals surface area (Å²) in [6.45, 7) is 7.16. The van der Waals surface area contributed by atoms with Gasteiger partial charge in [0.2, 0.25) is 0 Å². The van der Waals surface area contributed by atoms with Crippen molar-refractivity contribution in [2.75, 3.05) is 20.1 Å². The maximum Gasteiger partial charge on any atom is 0.108 e. The monoisotopic (exact) mass is 235 g/mol. The molecule has 1 aliphatic heterocycles. The van der Waals surface area contributed by atoms with Crippen LogP contribution in [0.2, 0.25) is 0 Å². The number of piperidine rings is 1. The topological polar surface area (TPSA) is 39.1 Å². The third-order valence-corrected chi connectivity index (χ3v) is 4.85. The number of hydrogen-bond acceptors (Lipinski definition) is 3. The van der Waals surface area contributed by atoms with Gasteiger partial charge in [-0.1, -0.05) is 13.8 Å². The number of nitrogens with one attached hydrogen (secondary N) is 1. The SMILES string of the molecule is CNC1(C#N)CCC(N2CCC(C)(C)CC2)C1. The lowest BCUT2D eigenvalue weighted by Gasteiger charge is -2.40. The van der Waals surface area contributed by atoms with Gasteiger partial charge in [0.15, 0.2) is 0 Å². The van der Waals surface area contributed by atoms with E-state index >= 15 is 0 Å². The Morgan fingerprint density at radius 2 is 1.88 bits per heavy atom. The van der Waals surface area contributed by atoms with Gasteiger partial charge in [0.1, 0.15) is 5.54 Å². The third-order valence-electron chi connectivity index (χ3n) is 4.85. The van der Waals surface area contributed by atoms with E-state index in [-0.39, 0.29) is 5.54 Å². The molecule has 0 amide bonds. The normalized spacial score (nSPS) is 37.9. The highest BCUT2D eigenvalue weighted by molar-refractivity contribution is 5.13. The van der Waals surface area contributed by atoms with Gasteiger partial charge < -0.3 is 10.2 Å². The number of likely N-dealkylation sites (tertiary alicyclic amines) is 1. The first-order valence-electron chi connectivity index (χ1n) is 6.84. The van der Waals surface area contributed by atoms with Crippen molar-refractivity contribution in [3.63, 3.8) is 0 Å². The molecule has 2 atom stereocenters. The molecule has 1 heterocycles. The van der Waals surface area contributed by atoms with Crippen LogP contribution in [-0.2, 0) is 0 Å². The van der Waals surface area contributed by atoms with E-state index in [0.29, 0.717) is 11.5 Å². The molecule has 0 aromatic rings. The van der Waals surface area contributed by atoms with E-state index in [1.54, 1.807) is 0 Å². The lowest BCUT2D eigenvalue weighted by atomic mass is 9.82. The average molecular weight is 235 g/mol. The molecule has 2 fully saturated rings. The third kappa shape index (κ3) is 2.64. The Morgan fingerprint density at radius 1 is 1.24 bits per heavy atom. The molecule has 1 N–H and O–H groups in total. The molecule has 0 bridgehead atoms. The van der Waals surface area contributed by atoms with Gasteiger partial charge in [0.25, 0.3) is 0 Å². The largest absolute Gasteiger partial charge is 0.302 e. The van der Waals surface area contributed by atoms with Crippen LogP contribution in [-0.4, -0.2) is 36.6 Å². The van der Waals surface area contributed by atoms with E-state index in [4.69, 9.17) is 0 Å². The Kier molecular flexibility index (Phi) is 3.47. The molecule has 3 heteroatoms. The Morgan fingerprint density at radius 3 is 2.35 bits per heavy atom. The minimum atomic E-state index is -0.252. The summed E-state index contributed by atoms with van der Waals surface area (Å²) in [6.07, 6.45) is 5.77. The van der Waals surface area contributed by atoms with Crippen molar-refractivity contribution in [2.24, 2.45) is 5.41 Å². The van der Waals surface area contributed by atoms with Crippen LogP contribution < -0.4 is 5.32 Å². The van der Waals surface area contributed by atoms with Crippen LogP contribution >= 0.6 is 0 Å². The number of hydrogen-bond donors (Lipinski definition) is 1. The first-order chi connectivity index (χ1) is 8.00. The van der Waals surface area contributed by atoms with E-state index in [1.165, 1.54) is 32.4 Å². The fraction of sp³-hybridized carbons (Fsp3) is 0.929. The molecule has 96 valence electrons. The molecule has 0 aromatic carbocycles. The van der Waals surface area contributed by atoms with Gasteiger partial charge in [-0.15, -0.1) is 0 Å². The fourth-order valence-corrected chi connectivity index (χ4v) is 3.21. The average Bonchev–Trinajstić information content (AvgIpc) is 2.74. The summed E-state index contributed by atoms with van der Waals surface area (Å²) in [5, 5.41) is 12.5. The summed E-state index contributed by atoms with van der Waals surface area (Å²) in [4.78, 5) is 2.61. The maximum absolute atomic E-state index is 9.28. The van der Waals surface area contributed by atoms with Gasteiger partial charge in [0, 0.05) is 6.04 Å². The predicted molar refractivity (Wildman–Crippen MR) is 69.6 cm³/mol. The summed E-state index contributed by atoms with van der Waals surface area (Å²) in [7, 11) is 1.92. The molecule has 1 aliphatic carbocycles. The van der Waals surface area contributed by atoms with E-state index in [9.17, 15) is 5.26 Å². The zero-order chi connectivity index (χ0) is 12.5. The second-order valence-electron chi connectivity index (χ2n) is 6.54. The van der Waals surface area contributed by atoms with E-state index < -0.39 is 0 Å². The second kappa shape index (κ2) is 4.59. The molecule has 0 aromatic heterocycles. The Balaban J connectivity index is 1.92. The molecule has 1 saturated carbocycles. The molecular formula is C14H25N3. The van der Waals surface area contributed by atoms with Gasteiger partial charge in [-0.05, 0) is 57.7 Å². The van der Waals surface area contributed by atoms with Crippen molar-refractivity contribution in [2.45, 2.75) is 57.5 Å². The van der Waals surface area contributed by atoms with Gasteiger partial charge >= 0.3 is 0 Å². The van der Waals surface area contributed by atoms with Crippen LogP contribution in [0.15, 0.2) is 0 Å². The molecule has 2 unspecified atom stereocenters. The first-order valence-corrected chi connectivity index (χ1v) is 6.84. The standard InChI is InChI=1S/C14H25N3/c1-13(2)6-8-17(9-7-13)12-4-5-14(10-12,11-15)16-3/h12,16H,4-10H2,1-3H3. The quantitative estimate of drug-likeness (QED) is 0.797. The second-order valence-corrected chi connectivity index (χ2v) is 6.54. The highest BCUT2D eigenvalue weighted by atomic mass is 15.2. The first kappa shape index (κ1) is 12.9. The van der Waals surface area contributed by atoms with E-state index in [0.717, 1.165) is 12.8 Å². The van der Waals surface area contributed by atoms with Crippen LogP contribution in [0.5, 0.6) is 0 Å². The van der Waals surface area contributed by atoms with E-state index in [2.05, 4.69) is 30.1 Å². The van der Waals surface area contributed by atoms with Crippen LogP contribution in [0, 0.1) is 16.7 Å². The van der Waals surface area contributed by atoms with Crippen molar-refractivity contribution in [1.82, 2.24) is 10.2 Å². The lowest BCUT2D eigenvalue weighted by Crippen LogP contribution is -2.45. The lowest BCUT2D eigenvalue weighted by molar-refractivity contribution is 0.0937. The fourth-order valence-electron chi connectivity index (χ4n) is 3.21. The van der Waals surface area contributed by atoms with Gasteiger partial charge in [-0.25, -0.2) is 0 Å². The molecule has 0 radical (unpaired) electrons. The molecular weight excluding hydrogens is 210 g/mol. The van der Waals surface area contributed by atoms with Crippen LogP contribution in [0.3, 0.4) is 0 Å². The zero-order valence-electron chi connectivity index (χ0n) is 11.4. The van der Waals surface area contributed by atoms with E-state index in [1.807, 2.05) is 7.05 Å². The summed E-state index contributed by atoms with van der Waals surface area (Å²) < 4.78 is 0. The Labute approximate surface area is 105 Å². The summed E-state index contributed by atoms with van der Waals surface area (Å²) >= 11 is 0. The van der Waals surface area contributed by atoms with Crippen molar-refractivity contribution in [3.8, 4) is 6.07 Å². The number of nitriles is 1. The summed E-state index contributed by atoms with van der Waals surface area (Å²) in [5.41, 5.74) is 0.266.